The Morgan fingerprint density at radius 1 is 1.57 bits per heavy atom. The molecule has 7 heavy (non-hydrogen) atoms. The van der Waals surface area contributed by atoms with E-state index in [1.165, 1.54) is 0 Å². The SMILES string of the molecule is [CH3][Sn+]([CH3])[O]CCS. The van der Waals surface area contributed by atoms with Crippen molar-refractivity contribution in [2.45, 2.75) is 9.88 Å². The maximum absolute atomic E-state index is 5.31. The van der Waals surface area contributed by atoms with E-state index in [1.54, 1.807) is 0 Å². The Kier molecular flexibility index (Phi) is 6.08. The summed E-state index contributed by atoms with van der Waals surface area (Å²) in [6.07, 6.45) is 0. The second-order valence-electron chi connectivity index (χ2n) is 1.48. The van der Waals surface area contributed by atoms with Crippen LogP contribution in [0.1, 0.15) is 0 Å². The summed E-state index contributed by atoms with van der Waals surface area (Å²) in [5, 5.41) is 0. The first kappa shape index (κ1) is 8.11. The molecule has 1 nitrogen and oxygen atoms in total. The van der Waals surface area contributed by atoms with Gasteiger partial charge in [0.05, 0.1) is 0 Å². The van der Waals surface area contributed by atoms with Crippen molar-refractivity contribution >= 4 is 32.8 Å². The van der Waals surface area contributed by atoms with Crippen molar-refractivity contribution in [1.29, 1.82) is 0 Å². The number of rotatable bonds is 3. The molecule has 0 heterocycles. The van der Waals surface area contributed by atoms with Crippen molar-refractivity contribution in [1.82, 2.24) is 0 Å². The predicted octanol–water partition coefficient (Wildman–Crippen LogP) is 1.18. The van der Waals surface area contributed by atoms with Crippen LogP contribution in [0.15, 0.2) is 0 Å². The van der Waals surface area contributed by atoms with Crippen LogP contribution in [0.3, 0.4) is 0 Å². The molecular formula is C4H11OSSn+. The molecule has 42 valence electrons. The van der Waals surface area contributed by atoms with Gasteiger partial charge in [-0.3, -0.25) is 0 Å². The summed E-state index contributed by atoms with van der Waals surface area (Å²) < 4.78 is 5.31. The van der Waals surface area contributed by atoms with Crippen molar-refractivity contribution in [3.05, 3.63) is 0 Å². The van der Waals surface area contributed by atoms with E-state index in [0.29, 0.717) is 0 Å². The van der Waals surface area contributed by atoms with E-state index in [-0.39, 0.29) is 0 Å². The van der Waals surface area contributed by atoms with Gasteiger partial charge in [0.2, 0.25) is 0 Å². The van der Waals surface area contributed by atoms with Gasteiger partial charge >= 0.3 is 58.1 Å². The summed E-state index contributed by atoms with van der Waals surface area (Å²) in [4.78, 5) is 4.43. The zero-order valence-corrected chi connectivity index (χ0v) is 8.52. The fraction of sp³-hybridized carbons (Fsp3) is 1.00. The van der Waals surface area contributed by atoms with Gasteiger partial charge in [0.15, 0.2) is 0 Å². The van der Waals surface area contributed by atoms with Gasteiger partial charge in [0, 0.05) is 0 Å². The van der Waals surface area contributed by atoms with Gasteiger partial charge in [-0.05, 0) is 0 Å². The number of thiol groups is 1. The number of hydrogen-bond acceptors (Lipinski definition) is 2. The van der Waals surface area contributed by atoms with E-state index in [1.807, 2.05) is 0 Å². The molecule has 0 aromatic carbocycles. The predicted molar refractivity (Wildman–Crippen MR) is 37.3 cm³/mol. The molecule has 0 aliphatic rings. The molecule has 0 saturated carbocycles. The van der Waals surface area contributed by atoms with Crippen molar-refractivity contribution in [3.63, 3.8) is 0 Å². The molecule has 0 N–H and O–H groups in total. The van der Waals surface area contributed by atoms with E-state index in [2.05, 4.69) is 22.5 Å². The molecule has 0 aliphatic carbocycles. The fourth-order valence-corrected chi connectivity index (χ4v) is 2.29. The topological polar surface area (TPSA) is 9.23 Å². The summed E-state index contributed by atoms with van der Waals surface area (Å²) in [5.74, 6) is 0.867. The van der Waals surface area contributed by atoms with Crippen molar-refractivity contribution in [2.24, 2.45) is 0 Å². The molecule has 0 bridgehead atoms. The van der Waals surface area contributed by atoms with Crippen LogP contribution in [0.5, 0.6) is 0 Å². The third-order valence-corrected chi connectivity index (χ3v) is 2.90. The van der Waals surface area contributed by atoms with Crippen LogP contribution in [0.4, 0.5) is 0 Å². The summed E-state index contributed by atoms with van der Waals surface area (Å²) in [6.45, 7) is 0.852. The van der Waals surface area contributed by atoms with Crippen LogP contribution >= 0.6 is 12.6 Å². The number of hydrogen-bond donors (Lipinski definition) is 1. The van der Waals surface area contributed by atoms with Crippen molar-refractivity contribution < 1.29 is 3.07 Å². The quantitative estimate of drug-likeness (QED) is 0.561. The Balaban J connectivity index is 2.68. The van der Waals surface area contributed by atoms with E-state index in [9.17, 15) is 0 Å². The van der Waals surface area contributed by atoms with Gasteiger partial charge in [0.1, 0.15) is 0 Å². The minimum atomic E-state index is -1.19. The summed E-state index contributed by atoms with van der Waals surface area (Å²) in [5.41, 5.74) is 0. The van der Waals surface area contributed by atoms with E-state index in [0.717, 1.165) is 12.4 Å². The van der Waals surface area contributed by atoms with Crippen LogP contribution in [0, 0.1) is 0 Å². The fourth-order valence-electron chi connectivity index (χ4n) is 0.250. The molecule has 0 aliphatic heterocycles. The maximum atomic E-state index is 5.31. The standard InChI is InChI=1S/C2H5OS.2CH3.Sn/c3-1-2-4;;;/h4H,1-2H2;2*1H3;/q-1;;;+2. The molecule has 0 unspecified atom stereocenters. The molecule has 0 aromatic heterocycles. The third kappa shape index (κ3) is 7.11. The first-order valence-electron chi connectivity index (χ1n) is 2.31. The molecule has 0 spiro atoms. The average Bonchev–Trinajstić information content (AvgIpc) is 1.61. The van der Waals surface area contributed by atoms with Gasteiger partial charge in [0.25, 0.3) is 0 Å². The van der Waals surface area contributed by atoms with Crippen LogP contribution < -0.4 is 0 Å². The Morgan fingerprint density at radius 2 is 2.14 bits per heavy atom. The van der Waals surface area contributed by atoms with E-state index < -0.39 is 20.2 Å². The molecule has 0 atom stereocenters. The van der Waals surface area contributed by atoms with Crippen LogP contribution in [0.25, 0.3) is 0 Å². The molecule has 0 saturated heterocycles. The van der Waals surface area contributed by atoms with Crippen LogP contribution in [0.2, 0.25) is 9.88 Å². The monoisotopic (exact) mass is 227 g/mol. The Morgan fingerprint density at radius 3 is 2.29 bits per heavy atom. The molecule has 0 rings (SSSR count). The summed E-state index contributed by atoms with van der Waals surface area (Å²) >= 11 is 2.81. The van der Waals surface area contributed by atoms with E-state index in [4.69, 9.17) is 3.07 Å². The van der Waals surface area contributed by atoms with E-state index >= 15 is 0 Å². The van der Waals surface area contributed by atoms with Gasteiger partial charge in [-0.25, -0.2) is 0 Å². The van der Waals surface area contributed by atoms with Crippen LogP contribution in [-0.2, 0) is 3.07 Å². The normalized spacial score (nSPS) is 9.00. The average molecular weight is 226 g/mol. The zero-order valence-electron chi connectivity index (χ0n) is 4.77. The molecule has 3 heteroatoms. The first-order chi connectivity index (χ1) is 3.27. The summed E-state index contributed by atoms with van der Waals surface area (Å²) in [7, 11) is 0. The Hall–Kier alpha value is 1.11. The molecule has 0 amide bonds. The van der Waals surface area contributed by atoms with Crippen molar-refractivity contribution in [3.8, 4) is 0 Å². The first-order valence-corrected chi connectivity index (χ1v) is 9.81. The minimum absolute atomic E-state index is 0.852. The second-order valence-corrected chi connectivity index (χ2v) is 7.94. The Labute approximate surface area is 58.1 Å². The van der Waals surface area contributed by atoms with Gasteiger partial charge in [-0.2, -0.15) is 0 Å². The van der Waals surface area contributed by atoms with Gasteiger partial charge < -0.3 is 0 Å². The zero-order chi connectivity index (χ0) is 5.70. The summed E-state index contributed by atoms with van der Waals surface area (Å²) in [6, 6.07) is 0. The Bertz CT molecular complexity index is 40.7. The van der Waals surface area contributed by atoms with Gasteiger partial charge in [-0.1, -0.05) is 0 Å². The molecular weight excluding hydrogens is 215 g/mol. The van der Waals surface area contributed by atoms with Crippen LogP contribution in [-0.4, -0.2) is 32.5 Å². The van der Waals surface area contributed by atoms with Crippen molar-refractivity contribution in [2.75, 3.05) is 12.4 Å². The molecule has 0 radical (unpaired) electrons. The molecule has 0 fully saturated rings. The van der Waals surface area contributed by atoms with Gasteiger partial charge in [-0.15, -0.1) is 0 Å². The molecule has 0 aromatic rings. The second kappa shape index (κ2) is 5.25. The third-order valence-electron chi connectivity index (χ3n) is 0.482.